The molecule has 0 amide bonds. The van der Waals surface area contributed by atoms with Gasteiger partial charge in [-0.15, -0.1) is 0 Å². The molecule has 0 unspecified atom stereocenters. The first-order valence-electron chi connectivity index (χ1n) is 6.72. The summed E-state index contributed by atoms with van der Waals surface area (Å²) in [6, 6.07) is 7.52. The van der Waals surface area contributed by atoms with Gasteiger partial charge in [-0.2, -0.15) is 0 Å². The number of anilines is 1. The van der Waals surface area contributed by atoms with E-state index >= 15 is 0 Å². The number of pyridine rings is 1. The SMILES string of the molecule is Cc1cccc2c1N(S(=O)(=O)c1cncc(Br)c1)CCC2. The monoisotopic (exact) mass is 366 g/mol. The highest BCUT2D eigenvalue weighted by Crippen LogP contribution is 2.34. The van der Waals surface area contributed by atoms with Gasteiger partial charge in [0.05, 0.1) is 5.69 Å². The van der Waals surface area contributed by atoms with E-state index in [2.05, 4.69) is 20.9 Å². The zero-order valence-corrected chi connectivity index (χ0v) is 14.0. The first-order valence-corrected chi connectivity index (χ1v) is 8.95. The number of para-hydroxylation sites is 1. The van der Waals surface area contributed by atoms with Gasteiger partial charge in [0.15, 0.2) is 0 Å². The van der Waals surface area contributed by atoms with E-state index in [1.54, 1.807) is 12.3 Å². The van der Waals surface area contributed by atoms with E-state index in [1.807, 2.05) is 25.1 Å². The molecule has 3 rings (SSSR count). The smallest absolute Gasteiger partial charge is 0.265 e. The van der Waals surface area contributed by atoms with Gasteiger partial charge in [0.1, 0.15) is 4.90 Å². The van der Waals surface area contributed by atoms with Crippen LogP contribution in [0.25, 0.3) is 0 Å². The van der Waals surface area contributed by atoms with E-state index in [0.717, 1.165) is 29.7 Å². The number of halogens is 1. The Kier molecular flexibility index (Phi) is 3.75. The Balaban J connectivity index is 2.14. The number of sulfonamides is 1. The summed E-state index contributed by atoms with van der Waals surface area (Å²) in [5, 5.41) is 0. The fraction of sp³-hybridized carbons (Fsp3) is 0.267. The summed E-state index contributed by atoms with van der Waals surface area (Å²) in [4.78, 5) is 4.19. The quantitative estimate of drug-likeness (QED) is 0.819. The van der Waals surface area contributed by atoms with Gasteiger partial charge < -0.3 is 0 Å². The molecule has 4 nitrogen and oxygen atoms in total. The van der Waals surface area contributed by atoms with Crippen LogP contribution in [0.3, 0.4) is 0 Å². The van der Waals surface area contributed by atoms with Crippen molar-refractivity contribution in [1.82, 2.24) is 4.98 Å². The highest BCUT2D eigenvalue weighted by molar-refractivity contribution is 9.10. The van der Waals surface area contributed by atoms with Gasteiger partial charge in [-0.25, -0.2) is 8.42 Å². The zero-order chi connectivity index (χ0) is 15.0. The number of benzene rings is 1. The first kappa shape index (κ1) is 14.5. The Morgan fingerprint density at radius 1 is 1.29 bits per heavy atom. The van der Waals surface area contributed by atoms with Crippen molar-refractivity contribution in [2.24, 2.45) is 0 Å². The highest BCUT2D eigenvalue weighted by Gasteiger charge is 2.30. The van der Waals surface area contributed by atoms with Crippen LogP contribution in [-0.2, 0) is 16.4 Å². The molecule has 0 saturated carbocycles. The van der Waals surface area contributed by atoms with Crippen molar-refractivity contribution >= 4 is 31.6 Å². The average molecular weight is 367 g/mol. The van der Waals surface area contributed by atoms with Crippen LogP contribution in [0.5, 0.6) is 0 Å². The van der Waals surface area contributed by atoms with Gasteiger partial charge in [0.25, 0.3) is 10.0 Å². The van der Waals surface area contributed by atoms with Crippen molar-refractivity contribution in [1.29, 1.82) is 0 Å². The van der Waals surface area contributed by atoms with Gasteiger partial charge in [-0.1, -0.05) is 18.2 Å². The summed E-state index contributed by atoms with van der Waals surface area (Å²) in [5.74, 6) is 0. The molecule has 2 heterocycles. The molecule has 0 atom stereocenters. The second-order valence-corrected chi connectivity index (χ2v) is 7.88. The van der Waals surface area contributed by atoms with E-state index < -0.39 is 10.0 Å². The fourth-order valence-corrected chi connectivity index (χ4v) is 4.82. The molecule has 21 heavy (non-hydrogen) atoms. The fourth-order valence-electron chi connectivity index (χ4n) is 2.70. The number of nitrogens with zero attached hydrogens (tertiary/aromatic N) is 2. The van der Waals surface area contributed by atoms with Crippen molar-refractivity contribution in [3.8, 4) is 0 Å². The number of fused-ring (bicyclic) bond motifs is 1. The molecule has 110 valence electrons. The molecular weight excluding hydrogens is 352 g/mol. The maximum Gasteiger partial charge on any atom is 0.265 e. The Hall–Kier alpha value is -1.40. The normalized spacial score (nSPS) is 14.9. The topological polar surface area (TPSA) is 50.3 Å². The van der Waals surface area contributed by atoms with Crippen molar-refractivity contribution in [2.75, 3.05) is 10.8 Å². The lowest BCUT2D eigenvalue weighted by atomic mass is 10.0. The molecule has 2 aromatic rings. The van der Waals surface area contributed by atoms with Crippen LogP contribution in [0, 0.1) is 6.92 Å². The van der Waals surface area contributed by atoms with E-state index in [1.165, 1.54) is 10.5 Å². The molecule has 0 N–H and O–H groups in total. The average Bonchev–Trinajstić information content (AvgIpc) is 2.47. The zero-order valence-electron chi connectivity index (χ0n) is 11.6. The number of hydrogen-bond donors (Lipinski definition) is 0. The molecule has 0 bridgehead atoms. The molecular formula is C15H15BrN2O2S. The van der Waals surface area contributed by atoms with Crippen molar-refractivity contribution in [3.63, 3.8) is 0 Å². The minimum absolute atomic E-state index is 0.216. The van der Waals surface area contributed by atoms with Crippen molar-refractivity contribution in [2.45, 2.75) is 24.7 Å². The lowest BCUT2D eigenvalue weighted by Gasteiger charge is -2.31. The molecule has 1 aliphatic heterocycles. The minimum atomic E-state index is -3.58. The van der Waals surface area contributed by atoms with Crippen LogP contribution in [0.1, 0.15) is 17.5 Å². The third kappa shape index (κ3) is 2.58. The van der Waals surface area contributed by atoms with Crippen LogP contribution in [0.4, 0.5) is 5.69 Å². The maximum absolute atomic E-state index is 12.9. The highest BCUT2D eigenvalue weighted by atomic mass is 79.9. The lowest BCUT2D eigenvalue weighted by molar-refractivity contribution is 0.586. The molecule has 1 aliphatic rings. The summed E-state index contributed by atoms with van der Waals surface area (Å²) >= 11 is 3.28. The number of aryl methyl sites for hydroxylation is 2. The summed E-state index contributed by atoms with van der Waals surface area (Å²) in [7, 11) is -3.58. The molecule has 1 aromatic heterocycles. The molecule has 6 heteroatoms. The Morgan fingerprint density at radius 3 is 2.86 bits per heavy atom. The van der Waals surface area contributed by atoms with Gasteiger partial charge in [0, 0.05) is 23.4 Å². The predicted octanol–water partition coefficient (Wildman–Crippen LogP) is 3.29. The summed E-state index contributed by atoms with van der Waals surface area (Å²) in [6.07, 6.45) is 4.72. The predicted molar refractivity (Wildman–Crippen MR) is 86.0 cm³/mol. The Labute approximate surface area is 133 Å². The standard InChI is InChI=1S/C15H15BrN2O2S/c1-11-4-2-5-12-6-3-7-18(15(11)12)21(19,20)14-8-13(16)9-17-10-14/h2,4-5,8-10H,3,6-7H2,1H3. The largest absolute Gasteiger partial charge is 0.266 e. The molecule has 0 spiro atoms. The van der Waals surface area contributed by atoms with Crippen molar-refractivity contribution < 1.29 is 8.42 Å². The van der Waals surface area contributed by atoms with Crippen LogP contribution in [0.15, 0.2) is 46.0 Å². The number of hydrogen-bond acceptors (Lipinski definition) is 3. The number of rotatable bonds is 2. The van der Waals surface area contributed by atoms with E-state index in [4.69, 9.17) is 0 Å². The molecule has 0 fully saturated rings. The molecule has 1 aromatic carbocycles. The third-order valence-corrected chi connectivity index (χ3v) is 5.84. The van der Waals surface area contributed by atoms with E-state index in [9.17, 15) is 8.42 Å². The number of aromatic nitrogens is 1. The van der Waals surface area contributed by atoms with Crippen LogP contribution < -0.4 is 4.31 Å². The Morgan fingerprint density at radius 2 is 2.10 bits per heavy atom. The third-order valence-electron chi connectivity index (χ3n) is 3.65. The van der Waals surface area contributed by atoms with Gasteiger partial charge in [0.2, 0.25) is 0 Å². The molecule has 0 saturated heterocycles. The lowest BCUT2D eigenvalue weighted by Crippen LogP contribution is -2.36. The summed E-state index contributed by atoms with van der Waals surface area (Å²) in [5.41, 5.74) is 2.90. The van der Waals surface area contributed by atoms with Crippen LogP contribution in [0.2, 0.25) is 0 Å². The molecule has 0 radical (unpaired) electrons. The summed E-state index contributed by atoms with van der Waals surface area (Å²) in [6.45, 7) is 2.46. The summed E-state index contributed by atoms with van der Waals surface area (Å²) < 4.78 is 28.0. The van der Waals surface area contributed by atoms with Crippen LogP contribution in [-0.4, -0.2) is 19.9 Å². The van der Waals surface area contributed by atoms with Crippen LogP contribution >= 0.6 is 15.9 Å². The van der Waals surface area contributed by atoms with Gasteiger partial charge in [-0.3, -0.25) is 9.29 Å². The molecule has 0 aliphatic carbocycles. The maximum atomic E-state index is 12.9. The van der Waals surface area contributed by atoms with Crippen molar-refractivity contribution in [3.05, 3.63) is 52.3 Å². The second kappa shape index (κ2) is 5.42. The van der Waals surface area contributed by atoms with E-state index in [0.29, 0.717) is 11.0 Å². The van der Waals surface area contributed by atoms with Gasteiger partial charge >= 0.3 is 0 Å². The minimum Gasteiger partial charge on any atom is -0.266 e. The first-order chi connectivity index (χ1) is 10.00. The van der Waals surface area contributed by atoms with E-state index in [-0.39, 0.29) is 4.90 Å². The Bertz CT molecular complexity index is 790. The van der Waals surface area contributed by atoms with Gasteiger partial charge in [-0.05, 0) is 52.9 Å². The second-order valence-electron chi connectivity index (χ2n) is 5.10.